The van der Waals surface area contributed by atoms with Crippen molar-refractivity contribution in [1.82, 2.24) is 14.6 Å². The van der Waals surface area contributed by atoms with E-state index in [1.165, 1.54) is 28.0 Å². The Hall–Kier alpha value is -2.41. The first-order chi connectivity index (χ1) is 13.2. The van der Waals surface area contributed by atoms with Crippen LogP contribution < -0.4 is 5.32 Å². The Morgan fingerprint density at radius 3 is 3.07 bits per heavy atom. The number of amides is 1. The number of hydrogen-bond acceptors (Lipinski definition) is 7. The molecule has 1 amide bonds. The Bertz CT molecular complexity index is 1230. The van der Waals surface area contributed by atoms with Gasteiger partial charge in [-0.25, -0.2) is 0 Å². The summed E-state index contributed by atoms with van der Waals surface area (Å²) in [4.78, 5) is 14.5. The van der Waals surface area contributed by atoms with E-state index in [-0.39, 0.29) is 11.7 Å². The summed E-state index contributed by atoms with van der Waals surface area (Å²) in [5, 5.41) is 22.2. The Morgan fingerprint density at radius 2 is 2.19 bits per heavy atom. The zero-order valence-corrected chi connectivity index (χ0v) is 16.5. The number of thiazole rings is 1. The number of nitriles is 1. The first-order valence-corrected chi connectivity index (χ1v) is 11.1. The fraction of sp³-hybridized carbons (Fsp3) is 0.222. The zero-order chi connectivity index (χ0) is 18.4. The summed E-state index contributed by atoms with van der Waals surface area (Å²) >= 11 is 4.47. The van der Waals surface area contributed by atoms with Gasteiger partial charge >= 0.3 is 0 Å². The molecular formula is C18H13N5OS3. The lowest BCUT2D eigenvalue weighted by atomic mass is 10.1. The van der Waals surface area contributed by atoms with Crippen molar-refractivity contribution in [2.24, 2.45) is 0 Å². The van der Waals surface area contributed by atoms with Gasteiger partial charge in [-0.05, 0) is 37.0 Å². The Kier molecular flexibility index (Phi) is 4.11. The van der Waals surface area contributed by atoms with Crippen LogP contribution in [0.4, 0.5) is 5.00 Å². The van der Waals surface area contributed by atoms with Crippen molar-refractivity contribution < 1.29 is 4.79 Å². The van der Waals surface area contributed by atoms with E-state index in [1.54, 1.807) is 11.3 Å². The highest BCUT2D eigenvalue weighted by molar-refractivity contribution is 7.99. The van der Waals surface area contributed by atoms with Crippen molar-refractivity contribution in [1.29, 1.82) is 5.26 Å². The first kappa shape index (κ1) is 16.7. The second-order valence-electron chi connectivity index (χ2n) is 6.18. The van der Waals surface area contributed by atoms with E-state index in [0.717, 1.165) is 40.0 Å². The van der Waals surface area contributed by atoms with Crippen LogP contribution in [-0.4, -0.2) is 26.3 Å². The topological polar surface area (TPSA) is 83.1 Å². The van der Waals surface area contributed by atoms with Gasteiger partial charge in [0.2, 0.25) is 10.9 Å². The molecule has 0 radical (unpaired) electrons. The quantitative estimate of drug-likeness (QED) is 0.511. The van der Waals surface area contributed by atoms with E-state index in [9.17, 15) is 10.1 Å². The van der Waals surface area contributed by atoms with Gasteiger partial charge in [-0.1, -0.05) is 35.2 Å². The SMILES string of the molecule is N#Cc1c(NC(=O)CSc2nnc3sc4ccccc4n23)sc2c1CCC2. The number of nitrogens with zero attached hydrogens (tertiary/aromatic N) is 4. The third-order valence-corrected chi connectivity index (χ3v) is 7.68. The van der Waals surface area contributed by atoms with Crippen molar-refractivity contribution in [3.05, 3.63) is 40.3 Å². The number of fused-ring (bicyclic) bond motifs is 4. The highest BCUT2D eigenvalue weighted by atomic mass is 32.2. The molecule has 1 N–H and O–H groups in total. The van der Waals surface area contributed by atoms with E-state index < -0.39 is 0 Å². The van der Waals surface area contributed by atoms with Crippen molar-refractivity contribution in [2.75, 3.05) is 11.1 Å². The van der Waals surface area contributed by atoms with Gasteiger partial charge in [0.25, 0.3) is 0 Å². The molecule has 134 valence electrons. The van der Waals surface area contributed by atoms with Crippen LogP contribution in [0.1, 0.15) is 22.4 Å². The van der Waals surface area contributed by atoms with Gasteiger partial charge in [-0.3, -0.25) is 9.20 Å². The van der Waals surface area contributed by atoms with Gasteiger partial charge in [-0.15, -0.1) is 21.5 Å². The van der Waals surface area contributed by atoms with E-state index in [4.69, 9.17) is 0 Å². The average Bonchev–Trinajstić information content (AvgIpc) is 3.40. The van der Waals surface area contributed by atoms with Crippen molar-refractivity contribution in [3.63, 3.8) is 0 Å². The number of thioether (sulfide) groups is 1. The number of hydrogen-bond donors (Lipinski definition) is 1. The third-order valence-electron chi connectivity index (χ3n) is 4.53. The fourth-order valence-electron chi connectivity index (χ4n) is 3.35. The molecule has 1 aliphatic rings. The lowest BCUT2D eigenvalue weighted by Crippen LogP contribution is -2.14. The molecule has 0 fully saturated rings. The zero-order valence-electron chi connectivity index (χ0n) is 14.1. The van der Waals surface area contributed by atoms with Crippen LogP contribution in [0.15, 0.2) is 29.4 Å². The number of carbonyl (C=O) groups is 1. The van der Waals surface area contributed by atoms with Gasteiger partial charge in [0.05, 0.1) is 21.5 Å². The summed E-state index contributed by atoms with van der Waals surface area (Å²) in [6, 6.07) is 10.3. The van der Waals surface area contributed by atoms with Crippen molar-refractivity contribution in [3.8, 4) is 6.07 Å². The molecule has 27 heavy (non-hydrogen) atoms. The molecular weight excluding hydrogens is 398 g/mol. The first-order valence-electron chi connectivity index (χ1n) is 8.44. The molecule has 0 bridgehead atoms. The standard InChI is InChI=1S/C18H13N5OS3/c19-8-11-10-4-3-7-13(10)26-16(11)20-15(24)9-25-17-21-22-18-23(17)12-5-1-2-6-14(12)27-18/h1-2,5-6H,3-4,7,9H2,(H,20,24). The van der Waals surface area contributed by atoms with Crippen LogP contribution >= 0.6 is 34.4 Å². The van der Waals surface area contributed by atoms with Crippen LogP contribution in [0, 0.1) is 11.3 Å². The number of para-hydroxylation sites is 1. The summed E-state index contributed by atoms with van der Waals surface area (Å²) in [5.74, 6) is 0.0889. The van der Waals surface area contributed by atoms with Gasteiger partial charge in [0, 0.05) is 4.88 Å². The molecule has 4 aromatic rings. The summed E-state index contributed by atoms with van der Waals surface area (Å²) in [6.07, 6.45) is 3.03. The highest BCUT2D eigenvalue weighted by Gasteiger charge is 2.23. The Labute approximate surface area is 166 Å². The fourth-order valence-corrected chi connectivity index (χ4v) is 6.38. The molecule has 0 spiro atoms. The minimum Gasteiger partial charge on any atom is -0.316 e. The predicted octanol–water partition coefficient (Wildman–Crippen LogP) is 4.10. The molecule has 3 heterocycles. The molecule has 6 nitrogen and oxygen atoms in total. The minimum absolute atomic E-state index is 0.132. The molecule has 9 heteroatoms. The number of anilines is 1. The van der Waals surface area contributed by atoms with E-state index >= 15 is 0 Å². The Balaban J connectivity index is 1.34. The largest absolute Gasteiger partial charge is 0.316 e. The van der Waals surface area contributed by atoms with E-state index in [1.807, 2.05) is 22.6 Å². The normalized spacial score (nSPS) is 13.1. The molecule has 5 rings (SSSR count). The summed E-state index contributed by atoms with van der Waals surface area (Å²) in [6.45, 7) is 0. The number of aryl methyl sites for hydroxylation is 1. The van der Waals surface area contributed by atoms with Gasteiger partial charge in [0.15, 0.2) is 5.16 Å². The molecule has 0 saturated carbocycles. The van der Waals surface area contributed by atoms with Crippen LogP contribution in [0.3, 0.4) is 0 Å². The molecule has 0 atom stereocenters. The maximum Gasteiger partial charge on any atom is 0.235 e. The second kappa shape index (κ2) is 6.64. The monoisotopic (exact) mass is 411 g/mol. The molecule has 0 aliphatic heterocycles. The minimum atomic E-state index is -0.132. The van der Waals surface area contributed by atoms with Crippen LogP contribution in [0.5, 0.6) is 0 Å². The van der Waals surface area contributed by atoms with Crippen LogP contribution in [0.25, 0.3) is 15.2 Å². The van der Waals surface area contributed by atoms with Crippen molar-refractivity contribution in [2.45, 2.75) is 24.4 Å². The lowest BCUT2D eigenvalue weighted by molar-refractivity contribution is -0.113. The third kappa shape index (κ3) is 2.81. The molecule has 0 saturated heterocycles. The van der Waals surface area contributed by atoms with Crippen LogP contribution in [0.2, 0.25) is 0 Å². The van der Waals surface area contributed by atoms with Gasteiger partial charge in [-0.2, -0.15) is 5.26 Å². The average molecular weight is 412 g/mol. The molecule has 3 aromatic heterocycles. The number of carbonyl (C=O) groups excluding carboxylic acids is 1. The smallest absolute Gasteiger partial charge is 0.235 e. The van der Waals surface area contributed by atoms with Crippen molar-refractivity contribution >= 4 is 60.5 Å². The summed E-state index contributed by atoms with van der Waals surface area (Å²) in [5.41, 5.74) is 2.81. The Morgan fingerprint density at radius 1 is 1.30 bits per heavy atom. The van der Waals surface area contributed by atoms with E-state index in [2.05, 4.69) is 27.6 Å². The summed E-state index contributed by atoms with van der Waals surface area (Å²) < 4.78 is 3.12. The molecule has 1 aromatic carbocycles. The second-order valence-corrected chi connectivity index (χ2v) is 9.24. The number of rotatable bonds is 4. The maximum absolute atomic E-state index is 12.5. The molecule has 1 aliphatic carbocycles. The maximum atomic E-state index is 12.5. The lowest BCUT2D eigenvalue weighted by Gasteiger charge is -2.03. The highest BCUT2D eigenvalue weighted by Crippen LogP contribution is 2.38. The number of benzene rings is 1. The van der Waals surface area contributed by atoms with Gasteiger partial charge in [0.1, 0.15) is 11.1 Å². The number of aromatic nitrogens is 3. The van der Waals surface area contributed by atoms with E-state index in [0.29, 0.717) is 15.7 Å². The predicted molar refractivity (Wildman–Crippen MR) is 109 cm³/mol. The number of thiophene rings is 1. The summed E-state index contributed by atoms with van der Waals surface area (Å²) in [7, 11) is 0. The number of nitrogens with one attached hydrogen (secondary N) is 1. The van der Waals surface area contributed by atoms with Gasteiger partial charge < -0.3 is 5.32 Å². The van der Waals surface area contributed by atoms with Crippen LogP contribution in [-0.2, 0) is 17.6 Å². The molecule has 0 unspecified atom stereocenters.